The van der Waals surface area contributed by atoms with Crippen LogP contribution in [0, 0.1) is 0 Å². The van der Waals surface area contributed by atoms with Gasteiger partial charge in [-0.3, -0.25) is 0 Å². The van der Waals surface area contributed by atoms with Gasteiger partial charge in [-0.15, -0.1) is 0 Å². The molecule has 2 N–H and O–H groups in total. The number of hydrogen-bond acceptors (Lipinski definition) is 5. The van der Waals surface area contributed by atoms with Gasteiger partial charge < -0.3 is 24.3 Å². The first kappa shape index (κ1) is 24.3. The molecule has 0 aliphatic heterocycles. The minimum Gasteiger partial charge on any atom is -0.403 e. The van der Waals surface area contributed by atoms with Crippen LogP contribution in [0.25, 0.3) is 0 Å². The van der Waals surface area contributed by atoms with Crippen LogP contribution in [0.5, 0.6) is 0 Å². The Morgan fingerprint density at radius 1 is 0.562 bits per heavy atom. The van der Waals surface area contributed by atoms with Gasteiger partial charge in [-0.2, -0.15) is 0 Å². The van der Waals surface area contributed by atoms with Crippen molar-refractivity contribution in [3.63, 3.8) is 0 Å². The summed E-state index contributed by atoms with van der Waals surface area (Å²) in [7, 11) is -2.63. The van der Waals surface area contributed by atoms with Gasteiger partial charge in [0.1, 0.15) is 0 Å². The Bertz CT molecular complexity index is 768. The Balaban J connectivity index is 1.64. The average molecular weight is 452 g/mol. The van der Waals surface area contributed by atoms with Crippen LogP contribution in [0.15, 0.2) is 91.0 Å². The minimum absolute atomic E-state index is 0.0430. The highest BCUT2D eigenvalue weighted by Crippen LogP contribution is 2.09. The maximum Gasteiger partial charge on any atom is 0.288 e. The molecule has 0 heterocycles. The van der Waals surface area contributed by atoms with Crippen molar-refractivity contribution in [1.82, 2.24) is 5.32 Å². The molecule has 0 fully saturated rings. The molecule has 5 nitrogen and oxygen atoms in total. The third kappa shape index (κ3) is 6.84. The van der Waals surface area contributed by atoms with E-state index < -0.39 is 8.32 Å². The van der Waals surface area contributed by atoms with Gasteiger partial charge in [0, 0.05) is 19.7 Å². The molecule has 0 unspecified atom stereocenters. The molecular weight excluding hydrogens is 418 g/mol. The quantitative estimate of drug-likeness (QED) is 0.207. The Morgan fingerprint density at radius 2 is 1.00 bits per heavy atom. The fourth-order valence-corrected chi connectivity index (χ4v) is 7.59. The van der Waals surface area contributed by atoms with E-state index in [1.807, 2.05) is 0 Å². The Morgan fingerprint density at radius 3 is 1.47 bits per heavy atom. The zero-order chi connectivity index (χ0) is 22.3. The molecule has 170 valence electrons. The lowest BCUT2D eigenvalue weighted by molar-refractivity contribution is 0.0339. The Labute approximate surface area is 192 Å². The van der Waals surface area contributed by atoms with Gasteiger partial charge in [0.15, 0.2) is 0 Å². The highest BCUT2D eigenvalue weighted by atomic mass is 28.4. The maximum absolute atomic E-state index is 8.68. The van der Waals surface area contributed by atoms with Crippen molar-refractivity contribution in [2.24, 2.45) is 0 Å². The Hall–Kier alpha value is -2.32. The van der Waals surface area contributed by atoms with Gasteiger partial charge in [0.2, 0.25) is 0 Å². The molecule has 0 radical (unpaired) electrons. The third-order valence-corrected chi connectivity index (χ3v) is 9.25. The summed E-state index contributed by atoms with van der Waals surface area (Å²) in [6, 6.07) is 31.8. The fraction of sp³-hybridized carbons (Fsp3) is 0.308. The molecular formula is C26H33NO4Si. The van der Waals surface area contributed by atoms with E-state index in [-0.39, 0.29) is 6.61 Å². The molecule has 0 atom stereocenters. The number of hydrogen-bond donors (Lipinski definition) is 2. The summed E-state index contributed by atoms with van der Waals surface area (Å²) in [6.07, 6.45) is 0. The lowest BCUT2D eigenvalue weighted by atomic mass is 10.3. The van der Waals surface area contributed by atoms with Crippen LogP contribution >= 0.6 is 0 Å². The van der Waals surface area contributed by atoms with Crippen molar-refractivity contribution in [1.29, 1.82) is 0 Å². The number of aliphatic hydroxyl groups excluding tert-OH is 1. The molecule has 0 amide bonds. The zero-order valence-electron chi connectivity index (χ0n) is 18.5. The van der Waals surface area contributed by atoms with Crippen LogP contribution in [0.2, 0.25) is 0 Å². The van der Waals surface area contributed by atoms with Crippen molar-refractivity contribution < 1.29 is 19.0 Å². The maximum atomic E-state index is 8.68. The molecule has 0 saturated carbocycles. The number of ether oxygens (including phenoxy) is 2. The monoisotopic (exact) mass is 451 g/mol. The van der Waals surface area contributed by atoms with Crippen molar-refractivity contribution in [3.05, 3.63) is 91.0 Å². The lowest BCUT2D eigenvalue weighted by Gasteiger charge is -2.33. The highest BCUT2D eigenvalue weighted by Gasteiger charge is 2.41. The van der Waals surface area contributed by atoms with Gasteiger partial charge in [0.05, 0.1) is 33.0 Å². The van der Waals surface area contributed by atoms with E-state index >= 15 is 0 Å². The molecule has 3 aromatic rings. The van der Waals surface area contributed by atoms with E-state index in [1.54, 1.807) is 0 Å². The molecule has 0 aliphatic rings. The van der Waals surface area contributed by atoms with E-state index in [9.17, 15) is 0 Å². The summed E-state index contributed by atoms with van der Waals surface area (Å²) in [5.74, 6) is 0. The molecule has 6 heteroatoms. The topological polar surface area (TPSA) is 60.0 Å². The first-order chi connectivity index (χ1) is 15.9. The molecule has 0 bridgehead atoms. The van der Waals surface area contributed by atoms with Crippen molar-refractivity contribution in [2.75, 3.05) is 52.7 Å². The predicted molar refractivity (Wildman–Crippen MR) is 132 cm³/mol. The van der Waals surface area contributed by atoms with Crippen LogP contribution < -0.4 is 20.9 Å². The van der Waals surface area contributed by atoms with Crippen LogP contribution in [-0.4, -0.2) is 66.2 Å². The van der Waals surface area contributed by atoms with Gasteiger partial charge in [-0.1, -0.05) is 91.0 Å². The molecule has 0 aliphatic carbocycles. The zero-order valence-corrected chi connectivity index (χ0v) is 19.5. The van der Waals surface area contributed by atoms with E-state index in [4.69, 9.17) is 19.0 Å². The molecule has 3 aromatic carbocycles. The Kier molecular flexibility index (Phi) is 10.6. The lowest BCUT2D eigenvalue weighted by Crippen LogP contribution is -2.69. The van der Waals surface area contributed by atoms with Crippen LogP contribution in [0.1, 0.15) is 0 Å². The third-order valence-electron chi connectivity index (χ3n) is 5.17. The molecule has 0 spiro atoms. The number of rotatable bonds is 15. The predicted octanol–water partition coefficient (Wildman–Crippen LogP) is 1.29. The second-order valence-corrected chi connectivity index (χ2v) is 10.7. The second kappa shape index (κ2) is 14.0. The van der Waals surface area contributed by atoms with Crippen molar-refractivity contribution >= 4 is 23.9 Å². The molecule has 0 saturated heterocycles. The molecule has 0 aromatic heterocycles. The summed E-state index contributed by atoms with van der Waals surface area (Å²) in [4.78, 5) is 0. The summed E-state index contributed by atoms with van der Waals surface area (Å²) < 4.78 is 17.6. The summed E-state index contributed by atoms with van der Waals surface area (Å²) in [5.41, 5.74) is 0. The molecule has 32 heavy (non-hydrogen) atoms. The van der Waals surface area contributed by atoms with Crippen molar-refractivity contribution in [3.8, 4) is 0 Å². The summed E-state index contributed by atoms with van der Waals surface area (Å²) >= 11 is 0. The number of nitrogens with one attached hydrogen (secondary N) is 1. The van der Waals surface area contributed by atoms with E-state index in [0.29, 0.717) is 33.0 Å². The summed E-state index contributed by atoms with van der Waals surface area (Å²) in [5, 5.41) is 15.8. The number of benzene rings is 3. The largest absolute Gasteiger partial charge is 0.403 e. The smallest absolute Gasteiger partial charge is 0.288 e. The summed E-state index contributed by atoms with van der Waals surface area (Å²) in [6.45, 7) is 4.14. The normalized spacial score (nSPS) is 11.5. The van der Waals surface area contributed by atoms with Gasteiger partial charge in [-0.05, 0) is 15.6 Å². The first-order valence-electron chi connectivity index (χ1n) is 11.2. The van der Waals surface area contributed by atoms with E-state index in [2.05, 4.69) is 96.3 Å². The SMILES string of the molecule is OCCOCCOCCNCCO[Si](c1ccccc1)(c1ccccc1)c1ccccc1. The van der Waals surface area contributed by atoms with Crippen LogP contribution in [0.4, 0.5) is 0 Å². The van der Waals surface area contributed by atoms with Crippen LogP contribution in [-0.2, 0) is 13.9 Å². The molecule has 3 rings (SSSR count). The highest BCUT2D eigenvalue weighted by molar-refractivity contribution is 7.07. The van der Waals surface area contributed by atoms with E-state index in [0.717, 1.165) is 13.1 Å². The second-order valence-electron chi connectivity index (χ2n) is 7.33. The van der Waals surface area contributed by atoms with Crippen molar-refractivity contribution in [2.45, 2.75) is 0 Å². The standard InChI is InChI=1S/C26H33NO4Si/c28-18-21-30-23-22-29-19-16-27-17-20-31-32(24-10-4-1-5-11-24,25-12-6-2-7-13-25)26-14-8-3-9-15-26/h1-15,27-28H,16-23H2. The fourth-order valence-electron chi connectivity index (χ4n) is 3.70. The number of aliphatic hydroxyl groups is 1. The first-order valence-corrected chi connectivity index (χ1v) is 13.1. The van der Waals surface area contributed by atoms with Gasteiger partial charge >= 0.3 is 0 Å². The average Bonchev–Trinajstić information content (AvgIpc) is 2.87. The van der Waals surface area contributed by atoms with E-state index in [1.165, 1.54) is 15.6 Å². The van der Waals surface area contributed by atoms with Gasteiger partial charge in [0.25, 0.3) is 8.32 Å². The minimum atomic E-state index is -2.63. The van der Waals surface area contributed by atoms with Gasteiger partial charge in [-0.25, -0.2) is 0 Å². The van der Waals surface area contributed by atoms with Crippen LogP contribution in [0.3, 0.4) is 0 Å².